The zero-order valence-electron chi connectivity index (χ0n) is 26.8. The molecule has 0 bridgehead atoms. The predicted molar refractivity (Wildman–Crippen MR) is 173 cm³/mol. The minimum Gasteiger partial charge on any atom is -0.356 e. The summed E-state index contributed by atoms with van der Waals surface area (Å²) in [5.41, 5.74) is 0. The lowest BCUT2D eigenvalue weighted by Gasteiger charge is -2.33. The maximum absolute atomic E-state index is 2.68. The van der Waals surface area contributed by atoms with Gasteiger partial charge in [-0.25, -0.2) is 0 Å². The van der Waals surface area contributed by atoms with Gasteiger partial charge in [0.05, 0.1) is 0 Å². The van der Waals surface area contributed by atoms with Gasteiger partial charge in [-0.05, 0) is 25.7 Å². The molecule has 2 nitrogen and oxygen atoms in total. The highest BCUT2D eigenvalue weighted by atomic mass is 15.4. The van der Waals surface area contributed by atoms with Crippen molar-refractivity contribution in [2.75, 3.05) is 13.1 Å². The van der Waals surface area contributed by atoms with E-state index < -0.39 is 0 Å². The Morgan fingerprint density at radius 2 is 0.605 bits per heavy atom. The highest BCUT2D eigenvalue weighted by Crippen LogP contribution is 2.23. The molecule has 1 rings (SSSR count). The van der Waals surface area contributed by atoms with Crippen molar-refractivity contribution in [2.24, 2.45) is 0 Å². The first-order valence-electron chi connectivity index (χ1n) is 18.0. The summed E-state index contributed by atoms with van der Waals surface area (Å²) in [6.45, 7) is 9.48. The van der Waals surface area contributed by atoms with E-state index in [1.54, 1.807) is 0 Å². The lowest BCUT2D eigenvalue weighted by molar-refractivity contribution is 0.136. The Kier molecular flexibility index (Phi) is 26.0. The van der Waals surface area contributed by atoms with Crippen molar-refractivity contribution >= 4 is 0 Å². The first-order valence-corrected chi connectivity index (χ1v) is 18.0. The largest absolute Gasteiger partial charge is 0.356 e. The van der Waals surface area contributed by atoms with Crippen molar-refractivity contribution in [3.05, 3.63) is 12.4 Å². The molecular weight excluding hydrogens is 460 g/mol. The number of nitrogens with zero attached hydrogens (tertiary/aromatic N) is 2. The van der Waals surface area contributed by atoms with Gasteiger partial charge in [0.2, 0.25) is 0 Å². The average molecular weight is 533 g/mol. The fraction of sp³-hybridized carbons (Fsp3) is 0.944. The Hall–Kier alpha value is -0.660. The summed E-state index contributed by atoms with van der Waals surface area (Å²) in [4.78, 5) is 5.35. The molecule has 0 radical (unpaired) electrons. The van der Waals surface area contributed by atoms with Gasteiger partial charge in [0.15, 0.2) is 0 Å². The van der Waals surface area contributed by atoms with Gasteiger partial charge in [-0.2, -0.15) is 0 Å². The molecule has 0 aromatic rings. The fourth-order valence-electron chi connectivity index (χ4n) is 6.17. The van der Waals surface area contributed by atoms with E-state index in [9.17, 15) is 0 Å². The van der Waals surface area contributed by atoms with Gasteiger partial charge >= 0.3 is 0 Å². The second kappa shape index (κ2) is 27.9. The molecule has 0 N–H and O–H groups in total. The van der Waals surface area contributed by atoms with Crippen LogP contribution in [0, 0.1) is 0 Å². The third kappa shape index (κ3) is 20.3. The summed E-state index contributed by atoms with van der Waals surface area (Å²) in [6, 6.07) is 0. The Bertz CT molecular complexity index is 488. The zero-order chi connectivity index (χ0) is 27.4. The van der Waals surface area contributed by atoms with Crippen molar-refractivity contribution in [3.8, 4) is 0 Å². The Morgan fingerprint density at radius 1 is 0.342 bits per heavy atom. The van der Waals surface area contributed by atoms with E-state index in [-0.39, 0.29) is 0 Å². The van der Waals surface area contributed by atoms with Crippen molar-refractivity contribution in [1.82, 2.24) is 9.80 Å². The molecule has 0 aliphatic carbocycles. The van der Waals surface area contributed by atoms with Crippen LogP contribution in [-0.2, 0) is 0 Å². The van der Waals surface area contributed by atoms with Gasteiger partial charge in [0, 0.05) is 25.5 Å². The smallest absolute Gasteiger partial charge is 0.101 e. The SMILES string of the molecule is CCCCCCCCCCCCCCCCN1C=CN(CCCCCCCCCCCCC)C1CCCC. The average Bonchev–Trinajstić information content (AvgIpc) is 3.31. The maximum Gasteiger partial charge on any atom is 0.101 e. The molecule has 1 atom stereocenters. The van der Waals surface area contributed by atoms with Crippen molar-refractivity contribution in [2.45, 2.75) is 207 Å². The topological polar surface area (TPSA) is 6.48 Å². The van der Waals surface area contributed by atoms with Crippen LogP contribution >= 0.6 is 0 Å². The standard InChI is InChI=1S/C36H72N2/c1-4-7-10-12-14-16-18-19-20-22-24-26-28-30-33-38-35-34-37(36(38)31-9-6-3)32-29-27-25-23-21-17-15-13-11-8-5-2/h34-36H,4-33H2,1-3H3. The summed E-state index contributed by atoms with van der Waals surface area (Å²) in [5, 5.41) is 0. The van der Waals surface area contributed by atoms with Crippen LogP contribution in [0.15, 0.2) is 12.4 Å². The van der Waals surface area contributed by atoms with Crippen molar-refractivity contribution in [1.29, 1.82) is 0 Å². The van der Waals surface area contributed by atoms with Crippen molar-refractivity contribution < 1.29 is 0 Å². The van der Waals surface area contributed by atoms with E-state index in [0.717, 1.165) is 0 Å². The first-order chi connectivity index (χ1) is 18.8. The monoisotopic (exact) mass is 533 g/mol. The number of hydrogen-bond acceptors (Lipinski definition) is 2. The van der Waals surface area contributed by atoms with Crippen molar-refractivity contribution in [3.63, 3.8) is 0 Å². The van der Waals surface area contributed by atoms with Crippen LogP contribution in [0.1, 0.15) is 201 Å². The molecule has 1 heterocycles. The van der Waals surface area contributed by atoms with E-state index in [2.05, 4.69) is 43.0 Å². The lowest BCUT2D eigenvalue weighted by atomic mass is 10.0. The van der Waals surface area contributed by atoms with Gasteiger partial charge in [-0.15, -0.1) is 0 Å². The molecular formula is C36H72N2. The molecule has 0 amide bonds. The van der Waals surface area contributed by atoms with Crippen LogP contribution in [0.2, 0.25) is 0 Å². The maximum atomic E-state index is 2.68. The van der Waals surface area contributed by atoms with Gasteiger partial charge in [0.1, 0.15) is 6.17 Å². The van der Waals surface area contributed by atoms with Gasteiger partial charge in [-0.1, -0.05) is 175 Å². The Morgan fingerprint density at radius 3 is 0.895 bits per heavy atom. The molecule has 0 spiro atoms. The lowest BCUT2D eigenvalue weighted by Crippen LogP contribution is -2.39. The molecule has 1 aliphatic rings. The Balaban J connectivity index is 2.02. The van der Waals surface area contributed by atoms with Gasteiger partial charge in [-0.3, -0.25) is 0 Å². The number of hydrogen-bond donors (Lipinski definition) is 0. The molecule has 226 valence electrons. The third-order valence-electron chi connectivity index (χ3n) is 8.82. The van der Waals surface area contributed by atoms with E-state index in [0.29, 0.717) is 6.17 Å². The molecule has 1 aliphatic heterocycles. The second-order valence-electron chi connectivity index (χ2n) is 12.5. The summed E-state index contributed by atoms with van der Waals surface area (Å²) in [6.07, 6.45) is 45.5. The highest BCUT2D eigenvalue weighted by Gasteiger charge is 2.24. The summed E-state index contributed by atoms with van der Waals surface area (Å²) >= 11 is 0. The highest BCUT2D eigenvalue weighted by molar-refractivity contribution is 4.96. The van der Waals surface area contributed by atoms with Crippen LogP contribution in [-0.4, -0.2) is 29.1 Å². The third-order valence-corrected chi connectivity index (χ3v) is 8.82. The van der Waals surface area contributed by atoms with E-state index in [1.807, 2.05) is 0 Å². The molecule has 0 saturated carbocycles. The summed E-state index contributed by atoms with van der Waals surface area (Å²) in [5.74, 6) is 0. The molecule has 0 aromatic heterocycles. The van der Waals surface area contributed by atoms with Crippen LogP contribution in [0.25, 0.3) is 0 Å². The predicted octanol–water partition coefficient (Wildman–Crippen LogP) is 12.4. The molecule has 0 aromatic carbocycles. The quantitative estimate of drug-likeness (QED) is 0.0848. The Labute approximate surface area is 241 Å². The van der Waals surface area contributed by atoms with Gasteiger partial charge < -0.3 is 9.80 Å². The number of rotatable bonds is 30. The van der Waals surface area contributed by atoms with Crippen LogP contribution in [0.5, 0.6) is 0 Å². The van der Waals surface area contributed by atoms with E-state index in [1.165, 1.54) is 193 Å². The number of unbranched alkanes of at least 4 members (excludes halogenated alkanes) is 24. The van der Waals surface area contributed by atoms with Crippen LogP contribution < -0.4 is 0 Å². The first kappa shape index (κ1) is 35.4. The second-order valence-corrected chi connectivity index (χ2v) is 12.5. The summed E-state index contributed by atoms with van der Waals surface area (Å²) < 4.78 is 0. The zero-order valence-corrected chi connectivity index (χ0v) is 26.8. The van der Waals surface area contributed by atoms with E-state index >= 15 is 0 Å². The molecule has 1 unspecified atom stereocenters. The van der Waals surface area contributed by atoms with Crippen LogP contribution in [0.4, 0.5) is 0 Å². The van der Waals surface area contributed by atoms with Crippen LogP contribution in [0.3, 0.4) is 0 Å². The fourth-order valence-corrected chi connectivity index (χ4v) is 6.17. The normalized spacial score (nSPS) is 15.3. The minimum absolute atomic E-state index is 0.639. The molecule has 0 saturated heterocycles. The molecule has 0 fully saturated rings. The minimum atomic E-state index is 0.639. The summed E-state index contributed by atoms with van der Waals surface area (Å²) in [7, 11) is 0. The van der Waals surface area contributed by atoms with E-state index in [4.69, 9.17) is 0 Å². The van der Waals surface area contributed by atoms with Gasteiger partial charge in [0.25, 0.3) is 0 Å². The molecule has 2 heteroatoms. The molecule has 38 heavy (non-hydrogen) atoms.